The fraction of sp³-hybridized carbons (Fsp3) is 0.364. The number of hydrogen-bond acceptors (Lipinski definition) is 1. The quantitative estimate of drug-likeness (QED) is 0.829. The van der Waals surface area contributed by atoms with Gasteiger partial charge in [-0.1, -0.05) is 17.7 Å². The number of carbonyl (C=O) groups excluding carboxylic acids is 1. The minimum Gasteiger partial charge on any atom is -0.355 e. The number of benzene rings is 1. The molecule has 0 saturated carbocycles. The van der Waals surface area contributed by atoms with Crippen LogP contribution in [0.3, 0.4) is 0 Å². The van der Waals surface area contributed by atoms with Gasteiger partial charge in [0.15, 0.2) is 0 Å². The van der Waals surface area contributed by atoms with Crippen molar-refractivity contribution in [3.05, 3.63) is 34.3 Å². The molecule has 17 heavy (non-hydrogen) atoms. The van der Waals surface area contributed by atoms with Crippen LogP contribution in [0.2, 0.25) is 5.02 Å². The highest BCUT2D eigenvalue weighted by Gasteiger charge is 2.38. The van der Waals surface area contributed by atoms with Crippen molar-refractivity contribution >= 4 is 17.5 Å². The van der Waals surface area contributed by atoms with Crippen molar-refractivity contribution in [2.75, 3.05) is 6.54 Å². The van der Waals surface area contributed by atoms with E-state index in [0.717, 1.165) is 6.07 Å². The zero-order valence-corrected chi connectivity index (χ0v) is 9.40. The van der Waals surface area contributed by atoms with Crippen LogP contribution in [0.25, 0.3) is 0 Å². The summed E-state index contributed by atoms with van der Waals surface area (Å²) in [6.07, 6.45) is -4.40. The molecule has 6 heteroatoms. The molecule has 0 spiro atoms. The molecule has 0 radical (unpaired) electrons. The fourth-order valence-electron chi connectivity index (χ4n) is 2.01. The summed E-state index contributed by atoms with van der Waals surface area (Å²) < 4.78 is 38.4. The Morgan fingerprint density at radius 2 is 2.06 bits per heavy atom. The van der Waals surface area contributed by atoms with Crippen LogP contribution in [0.5, 0.6) is 0 Å². The highest BCUT2D eigenvalue weighted by Crippen LogP contribution is 2.40. The highest BCUT2D eigenvalue weighted by atomic mass is 35.5. The number of carbonyl (C=O) groups is 1. The van der Waals surface area contributed by atoms with Crippen LogP contribution < -0.4 is 5.32 Å². The van der Waals surface area contributed by atoms with Crippen LogP contribution in [0.1, 0.15) is 23.5 Å². The Bertz CT molecular complexity index is 459. The van der Waals surface area contributed by atoms with Gasteiger partial charge in [-0.3, -0.25) is 4.79 Å². The summed E-state index contributed by atoms with van der Waals surface area (Å²) in [7, 11) is 0. The van der Waals surface area contributed by atoms with E-state index in [1.54, 1.807) is 0 Å². The molecule has 1 heterocycles. The Balaban J connectivity index is 2.48. The van der Waals surface area contributed by atoms with Gasteiger partial charge < -0.3 is 5.32 Å². The highest BCUT2D eigenvalue weighted by molar-refractivity contribution is 6.31. The van der Waals surface area contributed by atoms with Crippen LogP contribution in [0, 0.1) is 0 Å². The second kappa shape index (κ2) is 4.22. The third kappa shape index (κ3) is 2.39. The second-order valence-corrected chi connectivity index (χ2v) is 4.31. The van der Waals surface area contributed by atoms with Gasteiger partial charge in [-0.2, -0.15) is 13.2 Å². The van der Waals surface area contributed by atoms with Gasteiger partial charge in [0.1, 0.15) is 0 Å². The minimum atomic E-state index is -4.45. The summed E-state index contributed by atoms with van der Waals surface area (Å²) in [5.41, 5.74) is -0.744. The van der Waals surface area contributed by atoms with E-state index in [9.17, 15) is 18.0 Å². The SMILES string of the molecule is O=C1CC(c2c(Cl)cccc2C(F)(F)F)CN1. The van der Waals surface area contributed by atoms with E-state index in [2.05, 4.69) is 5.32 Å². The van der Waals surface area contributed by atoms with E-state index in [1.807, 2.05) is 0 Å². The molecule has 1 amide bonds. The summed E-state index contributed by atoms with van der Waals surface area (Å²) in [6.45, 7) is 0.200. The lowest BCUT2D eigenvalue weighted by atomic mass is 9.93. The zero-order valence-electron chi connectivity index (χ0n) is 8.64. The molecular formula is C11H9ClF3NO. The van der Waals surface area contributed by atoms with Crippen molar-refractivity contribution < 1.29 is 18.0 Å². The Hall–Kier alpha value is -1.23. The zero-order chi connectivity index (χ0) is 12.6. The van der Waals surface area contributed by atoms with Crippen LogP contribution >= 0.6 is 11.6 Å². The van der Waals surface area contributed by atoms with E-state index in [0.29, 0.717) is 0 Å². The standard InChI is InChI=1S/C11H9ClF3NO/c12-8-3-1-2-7(11(13,14)15)10(8)6-4-9(17)16-5-6/h1-3,6H,4-5H2,(H,16,17). The molecule has 1 unspecified atom stereocenters. The predicted molar refractivity (Wildman–Crippen MR) is 56.8 cm³/mol. The first-order valence-corrected chi connectivity index (χ1v) is 5.39. The first-order chi connectivity index (χ1) is 7.89. The first-order valence-electron chi connectivity index (χ1n) is 5.02. The summed E-state index contributed by atoms with van der Waals surface area (Å²) in [5, 5.41) is 2.57. The molecular weight excluding hydrogens is 255 g/mol. The van der Waals surface area contributed by atoms with E-state index in [4.69, 9.17) is 11.6 Å². The largest absolute Gasteiger partial charge is 0.416 e. The Labute approximate surface area is 101 Å². The van der Waals surface area contributed by atoms with Gasteiger partial charge in [-0.15, -0.1) is 0 Å². The van der Waals surface area contributed by atoms with Gasteiger partial charge >= 0.3 is 6.18 Å². The molecule has 1 atom stereocenters. The summed E-state index contributed by atoms with van der Waals surface area (Å²) in [4.78, 5) is 11.1. The van der Waals surface area contributed by atoms with Crippen LogP contribution in [0.15, 0.2) is 18.2 Å². The molecule has 92 valence electrons. The maximum absolute atomic E-state index is 12.8. The smallest absolute Gasteiger partial charge is 0.355 e. The van der Waals surface area contributed by atoms with Crippen molar-refractivity contribution in [1.82, 2.24) is 5.32 Å². The molecule has 1 N–H and O–H groups in total. The predicted octanol–water partition coefficient (Wildman–Crippen LogP) is 2.96. The average molecular weight is 264 g/mol. The van der Waals surface area contributed by atoms with Crippen molar-refractivity contribution in [3.8, 4) is 0 Å². The molecule has 1 aromatic rings. The van der Waals surface area contributed by atoms with E-state index < -0.39 is 17.7 Å². The van der Waals surface area contributed by atoms with E-state index in [1.165, 1.54) is 12.1 Å². The lowest BCUT2D eigenvalue weighted by molar-refractivity contribution is -0.138. The Kier molecular flexibility index (Phi) is 3.03. The molecule has 2 nitrogen and oxygen atoms in total. The van der Waals surface area contributed by atoms with Crippen molar-refractivity contribution in [3.63, 3.8) is 0 Å². The molecule has 1 saturated heterocycles. The van der Waals surface area contributed by atoms with E-state index >= 15 is 0 Å². The number of halogens is 4. The fourth-order valence-corrected chi connectivity index (χ4v) is 2.34. The maximum Gasteiger partial charge on any atom is 0.416 e. The molecule has 1 aliphatic heterocycles. The van der Waals surface area contributed by atoms with E-state index in [-0.39, 0.29) is 29.5 Å². The minimum absolute atomic E-state index is 0.0139. The number of rotatable bonds is 1. The summed E-state index contributed by atoms with van der Waals surface area (Å²) in [6, 6.07) is 3.66. The lowest BCUT2D eigenvalue weighted by Gasteiger charge is -2.17. The number of amides is 1. The molecule has 0 aromatic heterocycles. The molecule has 1 aromatic carbocycles. The van der Waals surface area contributed by atoms with Crippen molar-refractivity contribution in [2.24, 2.45) is 0 Å². The molecule has 1 aliphatic rings. The molecule has 2 rings (SSSR count). The van der Waals surface area contributed by atoms with Gasteiger partial charge in [-0.25, -0.2) is 0 Å². The van der Waals surface area contributed by atoms with Gasteiger partial charge in [-0.05, 0) is 17.7 Å². The normalized spacial score (nSPS) is 20.5. The third-order valence-electron chi connectivity index (χ3n) is 2.74. The first kappa shape index (κ1) is 12.2. The van der Waals surface area contributed by atoms with Gasteiger partial charge in [0.25, 0.3) is 0 Å². The monoisotopic (exact) mass is 263 g/mol. The Morgan fingerprint density at radius 3 is 2.59 bits per heavy atom. The second-order valence-electron chi connectivity index (χ2n) is 3.90. The van der Waals surface area contributed by atoms with Crippen molar-refractivity contribution in [2.45, 2.75) is 18.5 Å². The van der Waals surface area contributed by atoms with Crippen LogP contribution in [0.4, 0.5) is 13.2 Å². The third-order valence-corrected chi connectivity index (χ3v) is 3.07. The van der Waals surface area contributed by atoms with Crippen molar-refractivity contribution in [1.29, 1.82) is 0 Å². The number of hydrogen-bond donors (Lipinski definition) is 1. The molecule has 1 fully saturated rings. The summed E-state index contributed by atoms with van der Waals surface area (Å²) >= 11 is 5.82. The van der Waals surface area contributed by atoms with Crippen LogP contribution in [-0.4, -0.2) is 12.5 Å². The number of alkyl halides is 3. The maximum atomic E-state index is 12.8. The topological polar surface area (TPSA) is 29.1 Å². The van der Waals surface area contributed by atoms with Crippen LogP contribution in [-0.2, 0) is 11.0 Å². The molecule has 0 aliphatic carbocycles. The summed E-state index contributed by atoms with van der Waals surface area (Å²) in [5.74, 6) is -0.754. The molecule has 0 bridgehead atoms. The number of nitrogens with one attached hydrogen (secondary N) is 1. The Morgan fingerprint density at radius 1 is 1.35 bits per heavy atom. The van der Waals surface area contributed by atoms with Gasteiger partial charge in [0, 0.05) is 23.9 Å². The lowest BCUT2D eigenvalue weighted by Crippen LogP contribution is -2.15. The average Bonchev–Trinajstić information content (AvgIpc) is 2.63. The van der Waals surface area contributed by atoms with Gasteiger partial charge in [0.05, 0.1) is 5.56 Å². The van der Waals surface area contributed by atoms with Gasteiger partial charge in [0.2, 0.25) is 5.91 Å².